The predicted octanol–water partition coefficient (Wildman–Crippen LogP) is 4.81. The zero-order chi connectivity index (χ0) is 18.2. The van der Waals surface area contributed by atoms with Crippen molar-refractivity contribution in [1.29, 1.82) is 0 Å². The minimum Gasteiger partial charge on any atom is -0.462 e. The molecule has 25 heavy (non-hydrogen) atoms. The molecule has 2 aliphatic rings. The van der Waals surface area contributed by atoms with E-state index in [2.05, 4.69) is 26.1 Å². The van der Waals surface area contributed by atoms with Gasteiger partial charge in [-0.25, -0.2) is 4.79 Å². The molecule has 2 aliphatic carbocycles. The third-order valence-electron chi connectivity index (χ3n) is 5.68. The molecule has 1 atom stereocenters. The highest BCUT2D eigenvalue weighted by Crippen LogP contribution is 2.44. The second-order valence-corrected chi connectivity index (χ2v) is 9.46. The summed E-state index contributed by atoms with van der Waals surface area (Å²) in [5.41, 5.74) is 1.97. The molecular weight excluding hydrogens is 334 g/mol. The van der Waals surface area contributed by atoms with E-state index >= 15 is 0 Å². The molecule has 1 aromatic rings. The Kier molecular flexibility index (Phi) is 5.24. The fourth-order valence-electron chi connectivity index (χ4n) is 3.72. The fraction of sp³-hybridized carbons (Fsp3) is 0.700. The lowest BCUT2D eigenvalue weighted by Gasteiger charge is -2.33. The molecule has 1 heterocycles. The molecule has 0 aliphatic heterocycles. The number of nitrogens with one attached hydrogen (secondary N) is 1. The normalized spacial score (nSPS) is 20.6. The van der Waals surface area contributed by atoms with Crippen molar-refractivity contribution in [2.45, 2.75) is 66.2 Å². The van der Waals surface area contributed by atoms with E-state index in [1.807, 2.05) is 6.92 Å². The molecule has 5 heteroatoms. The maximum Gasteiger partial charge on any atom is 0.341 e. The van der Waals surface area contributed by atoms with Gasteiger partial charge in [0.1, 0.15) is 5.00 Å². The Balaban J connectivity index is 1.90. The number of thiophene rings is 1. The van der Waals surface area contributed by atoms with Crippen LogP contribution in [0.4, 0.5) is 5.00 Å². The van der Waals surface area contributed by atoms with Crippen LogP contribution in [0.3, 0.4) is 0 Å². The van der Waals surface area contributed by atoms with Crippen LogP contribution in [-0.2, 0) is 22.4 Å². The largest absolute Gasteiger partial charge is 0.462 e. The molecule has 0 bridgehead atoms. The summed E-state index contributed by atoms with van der Waals surface area (Å²) in [5, 5.41) is 3.74. The Labute approximate surface area is 154 Å². The fourth-order valence-corrected chi connectivity index (χ4v) is 5.04. The Bertz CT molecular complexity index is 667. The van der Waals surface area contributed by atoms with E-state index < -0.39 is 0 Å². The third kappa shape index (κ3) is 3.76. The molecule has 138 valence electrons. The van der Waals surface area contributed by atoms with Gasteiger partial charge >= 0.3 is 5.97 Å². The highest BCUT2D eigenvalue weighted by Gasteiger charge is 2.35. The van der Waals surface area contributed by atoms with Crippen LogP contribution in [0.15, 0.2) is 0 Å². The van der Waals surface area contributed by atoms with Crippen molar-refractivity contribution in [3.8, 4) is 0 Å². The first kappa shape index (κ1) is 18.4. The average molecular weight is 364 g/mol. The van der Waals surface area contributed by atoms with Gasteiger partial charge in [-0.1, -0.05) is 27.2 Å². The number of esters is 1. The number of rotatable bonds is 4. The zero-order valence-electron chi connectivity index (χ0n) is 15.7. The molecule has 1 aromatic heterocycles. The van der Waals surface area contributed by atoms with E-state index in [0.29, 0.717) is 23.1 Å². The van der Waals surface area contributed by atoms with Gasteiger partial charge in [0.05, 0.1) is 12.2 Å². The first-order chi connectivity index (χ1) is 11.8. The topological polar surface area (TPSA) is 55.4 Å². The monoisotopic (exact) mass is 363 g/mol. The number of carbonyl (C=O) groups is 2. The summed E-state index contributed by atoms with van der Waals surface area (Å²) in [7, 11) is 0. The van der Waals surface area contributed by atoms with E-state index in [9.17, 15) is 9.59 Å². The molecule has 0 saturated heterocycles. The van der Waals surface area contributed by atoms with Crippen molar-refractivity contribution < 1.29 is 14.3 Å². The van der Waals surface area contributed by atoms with Gasteiger partial charge in [-0.3, -0.25) is 4.79 Å². The van der Waals surface area contributed by atoms with Crippen molar-refractivity contribution in [3.05, 3.63) is 16.0 Å². The number of amides is 1. The third-order valence-corrected chi connectivity index (χ3v) is 6.85. The van der Waals surface area contributed by atoms with Crippen molar-refractivity contribution in [3.63, 3.8) is 0 Å². The Hall–Kier alpha value is -1.36. The quantitative estimate of drug-likeness (QED) is 0.781. The van der Waals surface area contributed by atoms with Crippen LogP contribution in [0, 0.1) is 17.3 Å². The number of ether oxygens (including phenoxy) is 1. The maximum atomic E-state index is 12.5. The van der Waals surface area contributed by atoms with Crippen LogP contribution in [0.1, 0.15) is 74.2 Å². The molecule has 3 rings (SSSR count). The van der Waals surface area contributed by atoms with Crippen molar-refractivity contribution >= 4 is 28.2 Å². The van der Waals surface area contributed by atoms with Gasteiger partial charge < -0.3 is 10.1 Å². The lowest BCUT2D eigenvalue weighted by molar-refractivity contribution is -0.122. The summed E-state index contributed by atoms with van der Waals surface area (Å²) in [6.07, 6.45) is 5.98. The van der Waals surface area contributed by atoms with Crippen LogP contribution in [0.2, 0.25) is 0 Å². The first-order valence-corrected chi connectivity index (χ1v) is 10.3. The van der Waals surface area contributed by atoms with Crippen LogP contribution in [-0.4, -0.2) is 18.5 Å². The lowest BCUT2D eigenvalue weighted by Crippen LogP contribution is -2.28. The standard InChI is InChI=1S/C20H29NO3S/c1-5-24-19(23)16-14-10-9-13(20(2,3)4)11-15(14)25-18(16)21-17(22)12-7-6-8-12/h12-13H,5-11H2,1-4H3,(H,21,22). The van der Waals surface area contributed by atoms with Gasteiger partial charge in [0, 0.05) is 10.8 Å². The second-order valence-electron chi connectivity index (χ2n) is 8.35. The predicted molar refractivity (Wildman–Crippen MR) is 101 cm³/mol. The van der Waals surface area contributed by atoms with E-state index in [1.165, 1.54) is 4.88 Å². The number of fused-ring (bicyclic) bond motifs is 1. The van der Waals surface area contributed by atoms with E-state index in [4.69, 9.17) is 4.74 Å². The molecule has 1 fully saturated rings. The van der Waals surface area contributed by atoms with Crippen LogP contribution >= 0.6 is 11.3 Å². The highest BCUT2D eigenvalue weighted by atomic mass is 32.1. The minimum absolute atomic E-state index is 0.0581. The second kappa shape index (κ2) is 7.10. The van der Waals surface area contributed by atoms with Crippen molar-refractivity contribution in [2.24, 2.45) is 17.3 Å². The summed E-state index contributed by atoms with van der Waals surface area (Å²) < 4.78 is 5.29. The van der Waals surface area contributed by atoms with Crippen molar-refractivity contribution in [2.75, 3.05) is 11.9 Å². The molecule has 0 aromatic carbocycles. The Morgan fingerprint density at radius 3 is 2.52 bits per heavy atom. The summed E-state index contributed by atoms with van der Waals surface area (Å²) in [5.74, 6) is 0.473. The Morgan fingerprint density at radius 2 is 1.96 bits per heavy atom. The van der Waals surface area contributed by atoms with Crippen LogP contribution in [0.5, 0.6) is 0 Å². The molecule has 0 radical (unpaired) electrons. The van der Waals surface area contributed by atoms with E-state index in [0.717, 1.165) is 44.1 Å². The van der Waals surface area contributed by atoms with Gasteiger partial charge in [0.15, 0.2) is 0 Å². The van der Waals surface area contributed by atoms with Crippen LogP contribution < -0.4 is 5.32 Å². The zero-order valence-corrected chi connectivity index (χ0v) is 16.6. The molecule has 4 nitrogen and oxygen atoms in total. The summed E-state index contributed by atoms with van der Waals surface area (Å²) in [6, 6.07) is 0. The lowest BCUT2D eigenvalue weighted by atomic mass is 9.72. The van der Waals surface area contributed by atoms with E-state index in [-0.39, 0.29) is 23.2 Å². The molecule has 1 N–H and O–H groups in total. The smallest absolute Gasteiger partial charge is 0.341 e. The summed E-state index contributed by atoms with van der Waals surface area (Å²) in [4.78, 5) is 26.2. The SMILES string of the molecule is CCOC(=O)c1c(NC(=O)C2CCC2)sc2c1CCC(C(C)(C)C)C2. The van der Waals surface area contributed by atoms with Gasteiger partial charge in [-0.05, 0) is 55.9 Å². The van der Waals surface area contributed by atoms with Gasteiger partial charge in [0.25, 0.3) is 0 Å². The molecule has 1 saturated carbocycles. The van der Waals surface area contributed by atoms with Crippen molar-refractivity contribution in [1.82, 2.24) is 0 Å². The maximum absolute atomic E-state index is 12.5. The van der Waals surface area contributed by atoms with E-state index in [1.54, 1.807) is 11.3 Å². The number of hydrogen-bond donors (Lipinski definition) is 1. The number of hydrogen-bond acceptors (Lipinski definition) is 4. The summed E-state index contributed by atoms with van der Waals surface area (Å²) in [6.45, 7) is 9.01. The number of carbonyl (C=O) groups excluding carboxylic acids is 2. The summed E-state index contributed by atoms with van der Waals surface area (Å²) >= 11 is 1.58. The molecule has 1 unspecified atom stereocenters. The highest BCUT2D eigenvalue weighted by molar-refractivity contribution is 7.17. The molecule has 0 spiro atoms. The molecule has 1 amide bonds. The first-order valence-electron chi connectivity index (χ1n) is 9.43. The van der Waals surface area contributed by atoms with Gasteiger partial charge in [0.2, 0.25) is 5.91 Å². The molecular formula is C20H29NO3S. The minimum atomic E-state index is -0.293. The van der Waals surface area contributed by atoms with Gasteiger partial charge in [-0.2, -0.15) is 0 Å². The van der Waals surface area contributed by atoms with Gasteiger partial charge in [-0.15, -0.1) is 11.3 Å². The average Bonchev–Trinajstić information content (AvgIpc) is 2.81. The number of anilines is 1. The Morgan fingerprint density at radius 1 is 1.24 bits per heavy atom. The van der Waals surface area contributed by atoms with Crippen LogP contribution in [0.25, 0.3) is 0 Å².